The van der Waals surface area contributed by atoms with Gasteiger partial charge >= 0.3 is 0 Å². The Morgan fingerprint density at radius 3 is 2.50 bits per heavy atom. The topological polar surface area (TPSA) is 43.8 Å². The average Bonchev–Trinajstić information content (AvgIpc) is 2.70. The van der Waals surface area contributed by atoms with Gasteiger partial charge in [0.05, 0.1) is 12.2 Å². The predicted molar refractivity (Wildman–Crippen MR) is 68.4 cm³/mol. The molecule has 1 aromatic rings. The molecular weight excluding hydrogens is 198 g/mol. The van der Waals surface area contributed by atoms with E-state index in [-0.39, 0.29) is 6.04 Å². The van der Waals surface area contributed by atoms with E-state index >= 15 is 0 Å². The second-order valence-corrected chi connectivity index (χ2v) is 4.57. The SMILES string of the molecule is CCc1cc(CC)n(CC(N)C(C)CC)n1. The maximum atomic E-state index is 6.17. The van der Waals surface area contributed by atoms with Crippen LogP contribution in [0.1, 0.15) is 45.5 Å². The standard InChI is InChI=1S/C13H25N3/c1-5-10(4)13(14)9-16-12(7-3)8-11(6-2)15-16/h8,10,13H,5-7,9,14H2,1-4H3. The molecule has 16 heavy (non-hydrogen) atoms. The molecule has 3 nitrogen and oxygen atoms in total. The first-order valence-corrected chi connectivity index (χ1v) is 6.43. The van der Waals surface area contributed by atoms with Crippen LogP contribution in [0.5, 0.6) is 0 Å². The summed E-state index contributed by atoms with van der Waals surface area (Å²) < 4.78 is 2.09. The summed E-state index contributed by atoms with van der Waals surface area (Å²) in [6.07, 6.45) is 3.16. The molecule has 0 aromatic carbocycles. The van der Waals surface area contributed by atoms with Gasteiger partial charge in [0.2, 0.25) is 0 Å². The van der Waals surface area contributed by atoms with Crippen LogP contribution in [0.2, 0.25) is 0 Å². The van der Waals surface area contributed by atoms with Gasteiger partial charge in [-0.05, 0) is 24.8 Å². The van der Waals surface area contributed by atoms with Gasteiger partial charge < -0.3 is 5.73 Å². The van der Waals surface area contributed by atoms with Gasteiger partial charge in [0, 0.05) is 11.7 Å². The number of hydrogen-bond acceptors (Lipinski definition) is 2. The van der Waals surface area contributed by atoms with Crippen molar-refractivity contribution in [1.29, 1.82) is 0 Å². The van der Waals surface area contributed by atoms with Crippen LogP contribution in [0.3, 0.4) is 0 Å². The van der Waals surface area contributed by atoms with Gasteiger partial charge in [-0.3, -0.25) is 4.68 Å². The second-order valence-electron chi connectivity index (χ2n) is 4.57. The van der Waals surface area contributed by atoms with Crippen LogP contribution in [0, 0.1) is 5.92 Å². The van der Waals surface area contributed by atoms with Crippen molar-refractivity contribution < 1.29 is 0 Å². The molecule has 1 rings (SSSR count). The molecule has 2 atom stereocenters. The summed E-state index contributed by atoms with van der Waals surface area (Å²) in [6, 6.07) is 2.41. The van der Waals surface area contributed by atoms with Crippen LogP contribution in [0.4, 0.5) is 0 Å². The monoisotopic (exact) mass is 223 g/mol. The first kappa shape index (κ1) is 13.2. The fraction of sp³-hybridized carbons (Fsp3) is 0.769. The van der Waals surface area contributed by atoms with Crippen molar-refractivity contribution >= 4 is 0 Å². The highest BCUT2D eigenvalue weighted by atomic mass is 15.3. The van der Waals surface area contributed by atoms with E-state index in [2.05, 4.69) is 43.5 Å². The van der Waals surface area contributed by atoms with E-state index in [9.17, 15) is 0 Å². The Labute approximate surface area is 99.0 Å². The third-order valence-corrected chi connectivity index (χ3v) is 3.40. The number of nitrogens with zero attached hydrogens (tertiary/aromatic N) is 2. The minimum atomic E-state index is 0.208. The van der Waals surface area contributed by atoms with Crippen molar-refractivity contribution in [3.05, 3.63) is 17.5 Å². The summed E-state index contributed by atoms with van der Waals surface area (Å²) >= 11 is 0. The number of nitrogens with two attached hydrogens (primary N) is 1. The maximum Gasteiger partial charge on any atom is 0.0624 e. The van der Waals surface area contributed by atoms with Gasteiger partial charge in [-0.15, -0.1) is 0 Å². The van der Waals surface area contributed by atoms with Gasteiger partial charge in [0.25, 0.3) is 0 Å². The lowest BCUT2D eigenvalue weighted by Crippen LogP contribution is -2.33. The molecule has 0 aliphatic carbocycles. The zero-order valence-electron chi connectivity index (χ0n) is 11.0. The van der Waals surface area contributed by atoms with Gasteiger partial charge in [-0.1, -0.05) is 34.1 Å². The van der Waals surface area contributed by atoms with Gasteiger partial charge in [-0.2, -0.15) is 5.10 Å². The van der Waals surface area contributed by atoms with Crippen LogP contribution >= 0.6 is 0 Å². The molecular formula is C13H25N3. The molecule has 0 fully saturated rings. The van der Waals surface area contributed by atoms with Crippen LogP contribution in [0.15, 0.2) is 6.07 Å². The molecule has 1 aromatic heterocycles. The quantitative estimate of drug-likeness (QED) is 0.804. The third kappa shape index (κ3) is 3.08. The number of aryl methyl sites for hydroxylation is 2. The highest BCUT2D eigenvalue weighted by Crippen LogP contribution is 2.11. The third-order valence-electron chi connectivity index (χ3n) is 3.40. The first-order chi connectivity index (χ1) is 7.62. The molecule has 3 heteroatoms. The molecule has 92 valence electrons. The Morgan fingerprint density at radius 2 is 2.00 bits per heavy atom. The molecule has 0 aliphatic heterocycles. The zero-order valence-corrected chi connectivity index (χ0v) is 11.0. The predicted octanol–water partition coefficient (Wildman–Crippen LogP) is 2.38. The minimum absolute atomic E-state index is 0.208. The van der Waals surface area contributed by atoms with Crippen molar-refractivity contribution in [1.82, 2.24) is 9.78 Å². The van der Waals surface area contributed by atoms with Gasteiger partial charge in [0.1, 0.15) is 0 Å². The number of aromatic nitrogens is 2. The molecule has 0 spiro atoms. The Hall–Kier alpha value is -0.830. The molecule has 0 saturated carbocycles. The average molecular weight is 223 g/mol. The van der Waals surface area contributed by atoms with Crippen molar-refractivity contribution in [2.24, 2.45) is 11.7 Å². The Kier molecular flexibility index (Phi) is 5.00. The Morgan fingerprint density at radius 1 is 1.31 bits per heavy atom. The molecule has 0 radical (unpaired) electrons. The fourth-order valence-corrected chi connectivity index (χ4v) is 1.81. The smallest absolute Gasteiger partial charge is 0.0624 e. The van der Waals surface area contributed by atoms with Crippen LogP contribution < -0.4 is 5.73 Å². The van der Waals surface area contributed by atoms with E-state index in [0.717, 1.165) is 25.8 Å². The summed E-state index contributed by atoms with van der Waals surface area (Å²) in [5, 5.41) is 4.59. The fourth-order valence-electron chi connectivity index (χ4n) is 1.81. The summed E-state index contributed by atoms with van der Waals surface area (Å²) in [5.41, 5.74) is 8.65. The van der Waals surface area contributed by atoms with Crippen molar-refractivity contribution in [2.45, 2.75) is 59.5 Å². The van der Waals surface area contributed by atoms with Crippen LogP contribution in [0.25, 0.3) is 0 Å². The highest BCUT2D eigenvalue weighted by molar-refractivity contribution is 5.10. The molecule has 0 saturated heterocycles. The van der Waals surface area contributed by atoms with E-state index < -0.39 is 0 Å². The van der Waals surface area contributed by atoms with Crippen molar-refractivity contribution in [3.63, 3.8) is 0 Å². The highest BCUT2D eigenvalue weighted by Gasteiger charge is 2.14. The van der Waals surface area contributed by atoms with E-state index in [4.69, 9.17) is 5.73 Å². The summed E-state index contributed by atoms with van der Waals surface area (Å²) in [5.74, 6) is 0.555. The lowest BCUT2D eigenvalue weighted by atomic mass is 10.0. The number of hydrogen-bond donors (Lipinski definition) is 1. The maximum absolute atomic E-state index is 6.17. The van der Waals surface area contributed by atoms with Crippen LogP contribution in [-0.2, 0) is 19.4 Å². The van der Waals surface area contributed by atoms with E-state index in [1.54, 1.807) is 0 Å². The minimum Gasteiger partial charge on any atom is -0.326 e. The second kappa shape index (κ2) is 6.04. The zero-order chi connectivity index (χ0) is 12.1. The van der Waals surface area contributed by atoms with Crippen LogP contribution in [-0.4, -0.2) is 15.8 Å². The molecule has 0 amide bonds. The first-order valence-electron chi connectivity index (χ1n) is 6.43. The number of rotatable bonds is 6. The Balaban J connectivity index is 2.75. The molecule has 2 unspecified atom stereocenters. The molecule has 2 N–H and O–H groups in total. The molecule has 0 aliphatic rings. The summed E-state index contributed by atoms with van der Waals surface area (Å²) in [6.45, 7) is 9.55. The summed E-state index contributed by atoms with van der Waals surface area (Å²) in [7, 11) is 0. The lowest BCUT2D eigenvalue weighted by molar-refractivity contribution is 0.375. The lowest BCUT2D eigenvalue weighted by Gasteiger charge is -2.19. The van der Waals surface area contributed by atoms with Crippen molar-refractivity contribution in [2.75, 3.05) is 0 Å². The summed E-state index contributed by atoms with van der Waals surface area (Å²) in [4.78, 5) is 0. The van der Waals surface area contributed by atoms with E-state index in [1.807, 2.05) is 0 Å². The molecule has 1 heterocycles. The van der Waals surface area contributed by atoms with E-state index in [0.29, 0.717) is 5.92 Å². The van der Waals surface area contributed by atoms with Gasteiger partial charge in [0.15, 0.2) is 0 Å². The molecule has 0 bridgehead atoms. The van der Waals surface area contributed by atoms with Crippen molar-refractivity contribution in [3.8, 4) is 0 Å². The normalized spacial score (nSPS) is 15.1. The van der Waals surface area contributed by atoms with E-state index in [1.165, 1.54) is 11.4 Å². The largest absolute Gasteiger partial charge is 0.326 e. The van der Waals surface area contributed by atoms with Gasteiger partial charge in [-0.25, -0.2) is 0 Å². The Bertz CT molecular complexity index is 317.